The number of nitrogens with zero attached hydrogens (tertiary/aromatic N) is 1. The van der Waals surface area contributed by atoms with Gasteiger partial charge >= 0.3 is 0 Å². The minimum absolute atomic E-state index is 1.25. The molecule has 0 aliphatic carbocycles. The summed E-state index contributed by atoms with van der Waals surface area (Å²) in [5.74, 6) is 0. The monoisotopic (exact) mass is 207 g/mol. The van der Waals surface area contributed by atoms with Crippen molar-refractivity contribution in [2.75, 3.05) is 0 Å². The zero-order chi connectivity index (χ0) is 11.0. The number of pyridine rings is 1. The lowest BCUT2D eigenvalue weighted by molar-refractivity contribution is 1.18. The summed E-state index contributed by atoms with van der Waals surface area (Å²) in [6, 6.07) is 17.0. The molecule has 0 spiro atoms. The Bertz CT molecular complexity index is 620. The molecular formula is C15H13N. The minimum Gasteiger partial charge on any atom is -0.323 e. The van der Waals surface area contributed by atoms with Gasteiger partial charge in [0.05, 0.1) is 0 Å². The minimum atomic E-state index is 1.25. The zero-order valence-electron chi connectivity index (χ0n) is 9.22. The van der Waals surface area contributed by atoms with Crippen molar-refractivity contribution in [3.05, 3.63) is 66.5 Å². The first-order valence-corrected chi connectivity index (χ1v) is 5.47. The third kappa shape index (κ3) is 1.50. The summed E-state index contributed by atoms with van der Waals surface area (Å²) in [4.78, 5) is 0. The van der Waals surface area contributed by atoms with Gasteiger partial charge in [-0.25, -0.2) is 0 Å². The van der Waals surface area contributed by atoms with Gasteiger partial charge in [-0.1, -0.05) is 30.3 Å². The summed E-state index contributed by atoms with van der Waals surface area (Å²) < 4.78 is 2.16. The van der Waals surface area contributed by atoms with Gasteiger partial charge in [-0.15, -0.1) is 0 Å². The number of fused-ring (bicyclic) bond motifs is 1. The number of benzene rings is 1. The number of hydrogen-bond acceptors (Lipinski definition) is 0. The van der Waals surface area contributed by atoms with Gasteiger partial charge in [0.1, 0.15) is 0 Å². The molecule has 0 atom stereocenters. The van der Waals surface area contributed by atoms with Gasteiger partial charge < -0.3 is 4.40 Å². The van der Waals surface area contributed by atoms with E-state index in [4.69, 9.17) is 0 Å². The Labute approximate surface area is 95.0 Å². The van der Waals surface area contributed by atoms with Crippen LogP contribution < -0.4 is 0 Å². The molecule has 16 heavy (non-hydrogen) atoms. The Balaban J connectivity index is 2.19. The van der Waals surface area contributed by atoms with Crippen molar-refractivity contribution in [2.45, 2.75) is 6.92 Å². The molecule has 0 N–H and O–H groups in total. The van der Waals surface area contributed by atoms with Crippen molar-refractivity contribution in [2.24, 2.45) is 0 Å². The second kappa shape index (κ2) is 3.53. The third-order valence-electron chi connectivity index (χ3n) is 2.86. The van der Waals surface area contributed by atoms with Crippen LogP contribution in [0.5, 0.6) is 0 Å². The van der Waals surface area contributed by atoms with Crippen LogP contribution in [0, 0.1) is 6.92 Å². The second-order valence-corrected chi connectivity index (χ2v) is 4.13. The maximum atomic E-state index is 2.22. The van der Waals surface area contributed by atoms with Crippen LogP contribution in [0.25, 0.3) is 16.6 Å². The number of aromatic nitrogens is 1. The molecule has 0 saturated carbocycles. The lowest BCUT2D eigenvalue weighted by Crippen LogP contribution is -1.80. The summed E-state index contributed by atoms with van der Waals surface area (Å²) in [6.07, 6.45) is 4.28. The average molecular weight is 207 g/mol. The molecule has 0 saturated heterocycles. The van der Waals surface area contributed by atoms with E-state index in [0.29, 0.717) is 0 Å². The fourth-order valence-corrected chi connectivity index (χ4v) is 2.01. The van der Waals surface area contributed by atoms with Gasteiger partial charge in [0.25, 0.3) is 0 Å². The predicted molar refractivity (Wildman–Crippen MR) is 67.6 cm³/mol. The van der Waals surface area contributed by atoms with Crippen LogP contribution in [0.4, 0.5) is 0 Å². The lowest BCUT2D eigenvalue weighted by Gasteiger charge is -1.94. The van der Waals surface area contributed by atoms with Gasteiger partial charge in [0.15, 0.2) is 0 Å². The van der Waals surface area contributed by atoms with E-state index in [2.05, 4.69) is 66.2 Å². The van der Waals surface area contributed by atoms with Crippen LogP contribution in [-0.4, -0.2) is 4.40 Å². The van der Waals surface area contributed by atoms with Crippen LogP contribution in [0.1, 0.15) is 5.56 Å². The van der Waals surface area contributed by atoms with Crippen molar-refractivity contribution < 1.29 is 0 Å². The van der Waals surface area contributed by atoms with Crippen molar-refractivity contribution >= 4 is 5.52 Å². The molecule has 0 bridgehead atoms. The van der Waals surface area contributed by atoms with E-state index >= 15 is 0 Å². The smallest absolute Gasteiger partial charge is 0.0458 e. The molecule has 0 aliphatic rings. The topological polar surface area (TPSA) is 4.41 Å². The van der Waals surface area contributed by atoms with Gasteiger partial charge in [0.2, 0.25) is 0 Å². The van der Waals surface area contributed by atoms with E-state index in [1.807, 2.05) is 6.07 Å². The Morgan fingerprint density at radius 1 is 0.875 bits per heavy atom. The van der Waals surface area contributed by atoms with Crippen LogP contribution in [0.3, 0.4) is 0 Å². The first kappa shape index (κ1) is 9.22. The molecule has 1 nitrogen and oxygen atoms in total. The summed E-state index contributed by atoms with van der Waals surface area (Å²) in [5.41, 5.74) is 5.08. The Morgan fingerprint density at radius 2 is 1.69 bits per heavy atom. The molecule has 3 aromatic rings. The molecule has 0 fully saturated rings. The highest BCUT2D eigenvalue weighted by molar-refractivity contribution is 5.70. The SMILES string of the molecule is Cc1ccn2cc(-c3ccccc3)cc2c1. The van der Waals surface area contributed by atoms with Crippen molar-refractivity contribution in [1.29, 1.82) is 0 Å². The molecule has 0 unspecified atom stereocenters. The zero-order valence-corrected chi connectivity index (χ0v) is 9.22. The lowest BCUT2D eigenvalue weighted by atomic mass is 10.1. The molecule has 0 radical (unpaired) electrons. The molecule has 78 valence electrons. The Morgan fingerprint density at radius 3 is 2.50 bits per heavy atom. The van der Waals surface area contributed by atoms with Crippen molar-refractivity contribution in [3.63, 3.8) is 0 Å². The normalized spacial score (nSPS) is 10.8. The summed E-state index contributed by atoms with van der Waals surface area (Å²) in [7, 11) is 0. The van der Waals surface area contributed by atoms with E-state index in [1.165, 1.54) is 22.2 Å². The van der Waals surface area contributed by atoms with Crippen LogP contribution in [0.15, 0.2) is 60.9 Å². The van der Waals surface area contributed by atoms with Crippen LogP contribution in [-0.2, 0) is 0 Å². The summed E-state index contributed by atoms with van der Waals surface area (Å²) in [6.45, 7) is 2.12. The fraction of sp³-hybridized carbons (Fsp3) is 0.0667. The molecule has 1 aromatic carbocycles. The molecule has 0 aliphatic heterocycles. The van der Waals surface area contributed by atoms with Gasteiger partial charge in [0, 0.05) is 23.5 Å². The van der Waals surface area contributed by atoms with Gasteiger partial charge in [-0.3, -0.25) is 0 Å². The molecule has 1 heteroatoms. The molecular weight excluding hydrogens is 194 g/mol. The van der Waals surface area contributed by atoms with Crippen molar-refractivity contribution in [1.82, 2.24) is 4.40 Å². The van der Waals surface area contributed by atoms with E-state index in [1.54, 1.807) is 0 Å². The fourth-order valence-electron chi connectivity index (χ4n) is 2.01. The number of rotatable bonds is 1. The first-order valence-electron chi connectivity index (χ1n) is 5.47. The number of aryl methyl sites for hydroxylation is 1. The van der Waals surface area contributed by atoms with Crippen LogP contribution in [0.2, 0.25) is 0 Å². The standard InChI is InChI=1S/C15H13N/c1-12-7-8-16-11-14(10-15(16)9-12)13-5-3-2-4-6-13/h2-11H,1H3. The highest BCUT2D eigenvalue weighted by Gasteiger charge is 2.01. The van der Waals surface area contributed by atoms with Crippen molar-refractivity contribution in [3.8, 4) is 11.1 Å². The van der Waals surface area contributed by atoms with Gasteiger partial charge in [-0.2, -0.15) is 0 Å². The number of hydrogen-bond donors (Lipinski definition) is 0. The summed E-state index contributed by atoms with van der Waals surface area (Å²) >= 11 is 0. The van der Waals surface area contributed by atoms with Gasteiger partial charge in [-0.05, 0) is 36.2 Å². The average Bonchev–Trinajstić information content (AvgIpc) is 2.73. The highest BCUT2D eigenvalue weighted by Crippen LogP contribution is 2.22. The predicted octanol–water partition coefficient (Wildman–Crippen LogP) is 3.91. The van der Waals surface area contributed by atoms with E-state index in [0.717, 1.165) is 0 Å². The largest absolute Gasteiger partial charge is 0.323 e. The van der Waals surface area contributed by atoms with E-state index in [9.17, 15) is 0 Å². The summed E-state index contributed by atoms with van der Waals surface area (Å²) in [5, 5.41) is 0. The maximum absolute atomic E-state index is 2.22. The second-order valence-electron chi connectivity index (χ2n) is 4.13. The van der Waals surface area contributed by atoms with Crippen LogP contribution >= 0.6 is 0 Å². The molecule has 2 aromatic heterocycles. The molecule has 2 heterocycles. The van der Waals surface area contributed by atoms with E-state index in [-0.39, 0.29) is 0 Å². The quantitative estimate of drug-likeness (QED) is 0.569. The first-order chi connectivity index (χ1) is 7.83. The highest BCUT2D eigenvalue weighted by atomic mass is 14.8. The Hall–Kier alpha value is -2.02. The van der Waals surface area contributed by atoms with E-state index < -0.39 is 0 Å². The third-order valence-corrected chi connectivity index (χ3v) is 2.86. The molecule has 0 amide bonds. The Kier molecular flexibility index (Phi) is 2.03. The maximum Gasteiger partial charge on any atom is 0.0458 e. The molecule has 3 rings (SSSR count).